The first-order valence-electron chi connectivity index (χ1n) is 11.1. The zero-order valence-corrected chi connectivity index (χ0v) is 19.6. The van der Waals surface area contributed by atoms with Crippen LogP contribution in [-0.2, 0) is 20.4 Å². The molecule has 1 saturated heterocycles. The lowest BCUT2D eigenvalue weighted by atomic mass is 9.97. The molecule has 0 saturated carbocycles. The Morgan fingerprint density at radius 2 is 1.84 bits per heavy atom. The number of halogens is 6. The Hall–Kier alpha value is -4.00. The number of ether oxygens (including phenoxy) is 3. The lowest BCUT2D eigenvalue weighted by Gasteiger charge is -2.38. The van der Waals surface area contributed by atoms with Crippen molar-refractivity contribution in [3.8, 4) is 5.75 Å². The van der Waals surface area contributed by atoms with E-state index < -0.39 is 53.1 Å². The van der Waals surface area contributed by atoms with Gasteiger partial charge in [0.05, 0.1) is 24.5 Å². The molecule has 0 atom stereocenters. The highest BCUT2D eigenvalue weighted by molar-refractivity contribution is 6.01. The van der Waals surface area contributed by atoms with Gasteiger partial charge < -0.3 is 24.8 Å². The number of rotatable bonds is 7. The number of allylic oxidation sites excluding steroid dienone is 3. The topological polar surface area (TPSA) is 85.9 Å². The van der Waals surface area contributed by atoms with Gasteiger partial charge in [-0.2, -0.15) is 22.0 Å². The molecule has 13 heteroatoms. The summed E-state index contributed by atoms with van der Waals surface area (Å²) in [6.07, 6.45) is -2.71. The van der Waals surface area contributed by atoms with Crippen molar-refractivity contribution in [2.45, 2.75) is 31.7 Å². The van der Waals surface area contributed by atoms with Gasteiger partial charge in [0.15, 0.2) is 11.4 Å². The second kappa shape index (κ2) is 10.4. The number of alkyl halides is 5. The molecular weight excluding hydrogens is 522 g/mol. The number of hydrogen-bond donors (Lipinski definition) is 2. The van der Waals surface area contributed by atoms with Gasteiger partial charge in [0.2, 0.25) is 0 Å². The molecule has 1 fully saturated rings. The summed E-state index contributed by atoms with van der Waals surface area (Å²) in [6, 6.07) is 5.25. The maximum atomic E-state index is 14.7. The fourth-order valence-electron chi connectivity index (χ4n) is 3.74. The van der Waals surface area contributed by atoms with Crippen LogP contribution in [0.3, 0.4) is 0 Å². The van der Waals surface area contributed by atoms with Crippen LogP contribution in [0, 0.1) is 5.82 Å². The first-order chi connectivity index (χ1) is 17.8. The van der Waals surface area contributed by atoms with Crippen molar-refractivity contribution in [2.24, 2.45) is 0 Å². The zero-order chi connectivity index (χ0) is 27.7. The number of nitrogens with one attached hydrogen (secondary N) is 2. The van der Waals surface area contributed by atoms with E-state index in [4.69, 9.17) is 9.47 Å². The maximum Gasteiger partial charge on any atom is 0.420 e. The summed E-state index contributed by atoms with van der Waals surface area (Å²) in [5, 5.41) is 4.38. The van der Waals surface area contributed by atoms with Crippen LogP contribution in [0.1, 0.15) is 24.5 Å². The molecule has 2 amide bonds. The van der Waals surface area contributed by atoms with Gasteiger partial charge in [-0.15, -0.1) is 0 Å². The van der Waals surface area contributed by atoms with Crippen LogP contribution in [0.4, 0.5) is 42.5 Å². The molecule has 2 aliphatic rings. The van der Waals surface area contributed by atoms with Crippen molar-refractivity contribution in [1.82, 2.24) is 0 Å². The molecule has 38 heavy (non-hydrogen) atoms. The number of anilines is 2. The van der Waals surface area contributed by atoms with E-state index in [0.717, 1.165) is 24.3 Å². The monoisotopic (exact) mass is 542 g/mol. The second-order valence-electron chi connectivity index (χ2n) is 8.70. The number of ketones is 1. The van der Waals surface area contributed by atoms with E-state index in [1.54, 1.807) is 6.92 Å². The van der Waals surface area contributed by atoms with Crippen molar-refractivity contribution < 1.29 is 50.1 Å². The molecule has 1 heterocycles. The normalized spacial score (nSPS) is 16.8. The lowest BCUT2D eigenvalue weighted by Crippen LogP contribution is -2.51. The first-order valence-corrected chi connectivity index (χ1v) is 11.1. The Balaban J connectivity index is 1.47. The third-order valence-corrected chi connectivity index (χ3v) is 5.52. The predicted octanol–water partition coefficient (Wildman–Crippen LogP) is 6.14. The Morgan fingerprint density at radius 3 is 2.45 bits per heavy atom. The highest BCUT2D eigenvalue weighted by Gasteiger charge is 2.40. The average Bonchev–Trinajstić information content (AvgIpc) is 2.79. The molecule has 0 unspecified atom stereocenters. The van der Waals surface area contributed by atoms with Crippen LogP contribution in [0.25, 0.3) is 5.57 Å². The van der Waals surface area contributed by atoms with E-state index in [1.165, 1.54) is 18.2 Å². The van der Waals surface area contributed by atoms with Crippen LogP contribution in [-0.4, -0.2) is 37.2 Å². The van der Waals surface area contributed by atoms with E-state index in [1.807, 2.05) is 0 Å². The second-order valence-corrected chi connectivity index (χ2v) is 8.70. The molecule has 1 aliphatic heterocycles. The predicted molar refractivity (Wildman–Crippen MR) is 123 cm³/mol. The quantitative estimate of drug-likeness (QED) is 0.411. The maximum absolute atomic E-state index is 14.7. The number of carbonyl (C=O) groups excluding carboxylic acids is 2. The third-order valence-electron chi connectivity index (χ3n) is 5.52. The van der Waals surface area contributed by atoms with Gasteiger partial charge in [-0.05, 0) is 42.8 Å². The summed E-state index contributed by atoms with van der Waals surface area (Å²) in [5.74, 6) is -2.30. The summed E-state index contributed by atoms with van der Waals surface area (Å²) in [5.41, 5.74) is -2.43. The molecule has 0 aromatic heterocycles. The lowest BCUT2D eigenvalue weighted by molar-refractivity contribution is -0.160. The van der Waals surface area contributed by atoms with Gasteiger partial charge in [0.25, 0.3) is 0 Å². The van der Waals surface area contributed by atoms with Crippen molar-refractivity contribution >= 4 is 28.8 Å². The van der Waals surface area contributed by atoms with E-state index in [-0.39, 0.29) is 42.1 Å². The smallest absolute Gasteiger partial charge is 0.420 e. The molecular formula is C25H20F6N2O5. The van der Waals surface area contributed by atoms with Crippen LogP contribution >= 0.6 is 0 Å². The highest BCUT2D eigenvalue weighted by Crippen LogP contribution is 2.40. The summed E-state index contributed by atoms with van der Waals surface area (Å²) in [6.45, 7) is -1.35. The third kappa shape index (κ3) is 6.28. The molecule has 7 nitrogen and oxygen atoms in total. The minimum Gasteiger partial charge on any atom is -0.482 e. The largest absolute Gasteiger partial charge is 0.482 e. The molecule has 4 rings (SSSR count). The number of carbonyl (C=O) groups is 2. The van der Waals surface area contributed by atoms with Crippen molar-refractivity contribution in [1.29, 1.82) is 0 Å². The Kier molecular flexibility index (Phi) is 7.40. The SMILES string of the molecule is CC1(Oc2ccc(NC(=O)Nc3ccc(C4=CCC(=O)C=C4OC(F)F)cc3F)cc2C(F)(F)F)COC1. The molecule has 0 radical (unpaired) electrons. The molecule has 1 aliphatic carbocycles. The average molecular weight is 542 g/mol. The Labute approximate surface area is 212 Å². The van der Waals surface area contributed by atoms with E-state index >= 15 is 0 Å². The number of amides is 2. The van der Waals surface area contributed by atoms with Crippen molar-refractivity contribution in [3.05, 3.63) is 71.3 Å². The molecule has 202 valence electrons. The van der Waals surface area contributed by atoms with Crippen molar-refractivity contribution in [3.63, 3.8) is 0 Å². The van der Waals surface area contributed by atoms with E-state index in [0.29, 0.717) is 6.07 Å². The zero-order valence-electron chi connectivity index (χ0n) is 19.6. The van der Waals surface area contributed by atoms with Gasteiger partial charge in [0.1, 0.15) is 17.3 Å². The van der Waals surface area contributed by atoms with Crippen molar-refractivity contribution in [2.75, 3.05) is 23.8 Å². The fraction of sp³-hybridized carbons (Fsp3) is 0.280. The van der Waals surface area contributed by atoms with Gasteiger partial charge in [-0.3, -0.25) is 4.79 Å². The molecule has 2 aromatic rings. The molecule has 2 N–H and O–H groups in total. The van der Waals surface area contributed by atoms with Gasteiger partial charge >= 0.3 is 18.8 Å². The minimum atomic E-state index is -4.79. The van der Waals surface area contributed by atoms with Gasteiger partial charge in [-0.1, -0.05) is 12.1 Å². The van der Waals surface area contributed by atoms with Crippen LogP contribution in [0.2, 0.25) is 0 Å². The first kappa shape index (κ1) is 27.0. The summed E-state index contributed by atoms with van der Waals surface area (Å²) >= 11 is 0. The molecule has 0 spiro atoms. The van der Waals surface area contributed by atoms with E-state index in [9.17, 15) is 35.9 Å². The fourth-order valence-corrected chi connectivity index (χ4v) is 3.74. The van der Waals surface area contributed by atoms with E-state index in [2.05, 4.69) is 15.4 Å². The summed E-state index contributed by atoms with van der Waals surface area (Å²) in [7, 11) is 0. The van der Waals surface area contributed by atoms with Crippen LogP contribution in [0.5, 0.6) is 5.75 Å². The van der Waals surface area contributed by atoms with Gasteiger partial charge in [-0.25, -0.2) is 9.18 Å². The Morgan fingerprint density at radius 1 is 1.11 bits per heavy atom. The number of hydrogen-bond acceptors (Lipinski definition) is 5. The van der Waals surface area contributed by atoms with Gasteiger partial charge in [0, 0.05) is 23.8 Å². The minimum absolute atomic E-state index is 0.0594. The van der Waals surface area contributed by atoms with Crippen LogP contribution in [0.15, 0.2) is 54.3 Å². The highest BCUT2D eigenvalue weighted by atomic mass is 19.4. The summed E-state index contributed by atoms with van der Waals surface area (Å²) < 4.78 is 95.7. The molecule has 2 aromatic carbocycles. The number of benzene rings is 2. The number of urea groups is 1. The molecule has 0 bridgehead atoms. The summed E-state index contributed by atoms with van der Waals surface area (Å²) in [4.78, 5) is 23.9. The standard InChI is InChI=1S/C25H20F6N2O5/c1-24(11-36-12-24)38-20-7-3-14(9-17(20)25(29,30)31)32-23(35)33-19-6-2-13(8-18(19)26)16-5-4-15(34)10-21(16)37-22(27)28/h2-3,5-10,22H,4,11-12H2,1H3,(H2,32,33,35). The van der Waals surface area contributed by atoms with Crippen LogP contribution < -0.4 is 15.4 Å². The Bertz CT molecular complexity index is 1320.